The standard InChI is InChI=1S/C17H19F2N3OS.ClH/c1-2-3-5-14-15(24-17-20-6-4-7-22(14)17)16(23)21-13-9-11(18)8-12(19)10-13;/h8-10H,2-7H2,1H3,(H,21,23);1H. The van der Waals surface area contributed by atoms with Crippen LogP contribution in [0.4, 0.5) is 14.5 Å². The quantitative estimate of drug-likeness (QED) is 0.806. The van der Waals surface area contributed by atoms with Gasteiger partial charge in [-0.05, 0) is 43.2 Å². The third kappa shape index (κ3) is 4.52. The number of unbranched alkanes of at least 4 members (excludes halogenated alkanes) is 1. The molecule has 0 saturated carbocycles. The number of halogens is 3. The molecule has 0 aromatic heterocycles. The lowest BCUT2D eigenvalue weighted by Crippen LogP contribution is -2.29. The summed E-state index contributed by atoms with van der Waals surface area (Å²) in [5.74, 6) is -1.77. The first kappa shape index (κ1) is 19.7. The highest BCUT2D eigenvalue weighted by Gasteiger charge is 2.33. The van der Waals surface area contributed by atoms with Gasteiger partial charge in [-0.25, -0.2) is 8.78 Å². The first-order valence-electron chi connectivity index (χ1n) is 8.09. The van der Waals surface area contributed by atoms with Gasteiger partial charge in [0.2, 0.25) is 0 Å². The van der Waals surface area contributed by atoms with Crippen molar-refractivity contribution in [2.75, 3.05) is 18.4 Å². The molecule has 0 bridgehead atoms. The topological polar surface area (TPSA) is 44.7 Å². The number of benzene rings is 1. The number of hydrogen-bond acceptors (Lipinski definition) is 4. The number of anilines is 1. The number of nitrogens with one attached hydrogen (secondary N) is 1. The Morgan fingerprint density at radius 2 is 2.04 bits per heavy atom. The molecule has 2 aliphatic heterocycles. The molecule has 25 heavy (non-hydrogen) atoms. The summed E-state index contributed by atoms with van der Waals surface area (Å²) in [6, 6.07) is 3.00. The smallest absolute Gasteiger partial charge is 0.264 e. The van der Waals surface area contributed by atoms with Crippen molar-refractivity contribution >= 4 is 40.9 Å². The Bertz CT molecular complexity index is 704. The van der Waals surface area contributed by atoms with Gasteiger partial charge in [-0.1, -0.05) is 13.3 Å². The summed E-state index contributed by atoms with van der Waals surface area (Å²) in [5, 5.41) is 3.45. The van der Waals surface area contributed by atoms with Gasteiger partial charge < -0.3 is 10.2 Å². The number of amidine groups is 1. The second-order valence-corrected chi connectivity index (χ2v) is 6.74. The molecule has 1 N–H and O–H groups in total. The van der Waals surface area contributed by atoms with E-state index >= 15 is 0 Å². The average molecular weight is 388 g/mol. The summed E-state index contributed by atoms with van der Waals surface area (Å²) >= 11 is 1.34. The van der Waals surface area contributed by atoms with Gasteiger partial charge in [-0.3, -0.25) is 9.79 Å². The molecule has 2 aliphatic rings. The van der Waals surface area contributed by atoms with Crippen LogP contribution in [0.2, 0.25) is 0 Å². The Hall–Kier alpha value is -1.60. The number of aliphatic imine (C=N–C) groups is 1. The predicted molar refractivity (Wildman–Crippen MR) is 100 cm³/mol. The Morgan fingerprint density at radius 1 is 1.32 bits per heavy atom. The monoisotopic (exact) mass is 387 g/mol. The van der Waals surface area contributed by atoms with Crippen molar-refractivity contribution in [1.29, 1.82) is 0 Å². The minimum atomic E-state index is -0.716. The van der Waals surface area contributed by atoms with Crippen molar-refractivity contribution in [3.8, 4) is 0 Å². The van der Waals surface area contributed by atoms with E-state index in [1.54, 1.807) is 0 Å². The summed E-state index contributed by atoms with van der Waals surface area (Å²) in [6.45, 7) is 3.73. The minimum Gasteiger partial charge on any atom is -0.323 e. The van der Waals surface area contributed by atoms with E-state index < -0.39 is 11.6 Å². The second-order valence-electron chi connectivity index (χ2n) is 5.76. The number of thioether (sulfide) groups is 1. The van der Waals surface area contributed by atoms with E-state index in [1.165, 1.54) is 11.8 Å². The molecule has 0 saturated heterocycles. The van der Waals surface area contributed by atoms with Gasteiger partial charge in [0.1, 0.15) is 11.6 Å². The number of nitrogens with zero attached hydrogens (tertiary/aromatic N) is 2. The third-order valence-corrected chi connectivity index (χ3v) is 5.05. The largest absolute Gasteiger partial charge is 0.323 e. The molecule has 8 heteroatoms. The van der Waals surface area contributed by atoms with Crippen molar-refractivity contribution in [3.63, 3.8) is 0 Å². The van der Waals surface area contributed by atoms with Crippen LogP contribution >= 0.6 is 24.2 Å². The van der Waals surface area contributed by atoms with Crippen LogP contribution in [0.25, 0.3) is 0 Å². The first-order valence-corrected chi connectivity index (χ1v) is 8.90. The normalized spacial score (nSPS) is 16.3. The summed E-state index contributed by atoms with van der Waals surface area (Å²) in [5.41, 5.74) is 1.09. The maximum atomic E-state index is 13.3. The van der Waals surface area contributed by atoms with Gasteiger partial charge in [0, 0.05) is 30.5 Å². The average Bonchev–Trinajstić information content (AvgIpc) is 2.90. The van der Waals surface area contributed by atoms with E-state index in [0.29, 0.717) is 4.91 Å². The molecule has 0 radical (unpaired) electrons. The summed E-state index contributed by atoms with van der Waals surface area (Å²) < 4.78 is 26.6. The molecule has 0 atom stereocenters. The van der Waals surface area contributed by atoms with Crippen LogP contribution in [0.1, 0.15) is 32.6 Å². The summed E-state index contributed by atoms with van der Waals surface area (Å²) in [7, 11) is 0. The van der Waals surface area contributed by atoms with Crippen molar-refractivity contribution < 1.29 is 13.6 Å². The number of amides is 1. The van der Waals surface area contributed by atoms with Crippen LogP contribution in [0.5, 0.6) is 0 Å². The highest BCUT2D eigenvalue weighted by atomic mass is 35.5. The lowest BCUT2D eigenvalue weighted by molar-refractivity contribution is -0.112. The zero-order valence-electron chi connectivity index (χ0n) is 13.8. The molecule has 0 aliphatic carbocycles. The van der Waals surface area contributed by atoms with Crippen LogP contribution in [0.3, 0.4) is 0 Å². The lowest BCUT2D eigenvalue weighted by Gasteiger charge is -2.25. The predicted octanol–water partition coefficient (Wildman–Crippen LogP) is 4.54. The van der Waals surface area contributed by atoms with Gasteiger partial charge in [0.15, 0.2) is 5.17 Å². The molecule has 0 spiro atoms. The van der Waals surface area contributed by atoms with Crippen LogP contribution in [-0.4, -0.2) is 29.1 Å². The fourth-order valence-corrected chi connectivity index (χ4v) is 3.90. The number of rotatable bonds is 5. The molecular formula is C17H20ClF2N3OS. The molecule has 3 rings (SSSR count). The number of fused-ring (bicyclic) bond motifs is 1. The number of hydrogen-bond donors (Lipinski definition) is 1. The highest BCUT2D eigenvalue weighted by Crippen LogP contribution is 2.39. The third-order valence-electron chi connectivity index (χ3n) is 3.89. The molecule has 0 unspecified atom stereocenters. The van der Waals surface area contributed by atoms with Gasteiger partial charge in [0.05, 0.1) is 4.91 Å². The van der Waals surface area contributed by atoms with Crippen molar-refractivity contribution in [2.45, 2.75) is 32.6 Å². The molecular weight excluding hydrogens is 368 g/mol. The Kier molecular flexibility index (Phi) is 6.84. The van der Waals surface area contributed by atoms with Gasteiger partial charge in [0.25, 0.3) is 5.91 Å². The SMILES string of the molecule is CCCCC1=C(C(=O)Nc2cc(F)cc(F)c2)SC2=NCCCN21.Cl. The number of carbonyl (C=O) groups is 1. The van der Waals surface area contributed by atoms with Crippen molar-refractivity contribution in [1.82, 2.24) is 4.90 Å². The molecule has 4 nitrogen and oxygen atoms in total. The van der Waals surface area contributed by atoms with Crippen molar-refractivity contribution in [3.05, 3.63) is 40.4 Å². The Balaban J connectivity index is 0.00000225. The molecule has 0 fully saturated rings. The lowest BCUT2D eigenvalue weighted by atomic mass is 10.1. The molecule has 1 aromatic rings. The van der Waals surface area contributed by atoms with Crippen LogP contribution in [0, 0.1) is 11.6 Å². The van der Waals surface area contributed by atoms with E-state index in [4.69, 9.17) is 0 Å². The van der Waals surface area contributed by atoms with Gasteiger partial charge >= 0.3 is 0 Å². The van der Waals surface area contributed by atoms with Crippen molar-refractivity contribution in [2.24, 2.45) is 4.99 Å². The number of carbonyl (C=O) groups excluding carboxylic acids is 1. The maximum Gasteiger partial charge on any atom is 0.264 e. The second kappa shape index (κ2) is 8.67. The highest BCUT2D eigenvalue weighted by molar-refractivity contribution is 8.18. The van der Waals surface area contributed by atoms with Gasteiger partial charge in [-0.2, -0.15) is 0 Å². The van der Waals surface area contributed by atoms with E-state index in [1.807, 2.05) is 0 Å². The van der Waals surface area contributed by atoms with Crippen LogP contribution in [-0.2, 0) is 4.79 Å². The zero-order valence-corrected chi connectivity index (χ0v) is 15.5. The van der Waals surface area contributed by atoms with E-state index in [0.717, 1.165) is 67.8 Å². The minimum absolute atomic E-state index is 0. The first-order chi connectivity index (χ1) is 11.6. The van der Waals surface area contributed by atoms with Crippen LogP contribution in [0.15, 0.2) is 33.8 Å². The van der Waals surface area contributed by atoms with Crippen LogP contribution < -0.4 is 5.32 Å². The summed E-state index contributed by atoms with van der Waals surface area (Å²) in [4.78, 5) is 19.8. The van der Waals surface area contributed by atoms with E-state index in [-0.39, 0.29) is 24.0 Å². The molecule has 1 aromatic carbocycles. The molecule has 2 heterocycles. The summed E-state index contributed by atoms with van der Waals surface area (Å²) in [6.07, 6.45) is 3.76. The molecule has 136 valence electrons. The number of allylic oxidation sites excluding steroid dienone is 1. The fourth-order valence-electron chi connectivity index (χ4n) is 2.78. The van der Waals surface area contributed by atoms with E-state index in [9.17, 15) is 13.6 Å². The maximum absolute atomic E-state index is 13.3. The molecule has 1 amide bonds. The van der Waals surface area contributed by atoms with Gasteiger partial charge in [-0.15, -0.1) is 12.4 Å². The Labute approximate surface area is 156 Å². The van der Waals surface area contributed by atoms with E-state index in [2.05, 4.69) is 22.1 Å². The Morgan fingerprint density at radius 3 is 2.72 bits per heavy atom. The fraction of sp³-hybridized carbons (Fsp3) is 0.412. The zero-order chi connectivity index (χ0) is 17.1.